The van der Waals surface area contributed by atoms with E-state index in [0.29, 0.717) is 23.6 Å². The fourth-order valence-corrected chi connectivity index (χ4v) is 3.31. The van der Waals surface area contributed by atoms with E-state index in [2.05, 4.69) is 15.6 Å². The SMILES string of the molecule is N#Cc1ccc(Cc2nccn2Cc2ccc(-n3cc(Cl)ccc3=O)cc2)cc1. The summed E-state index contributed by atoms with van der Waals surface area (Å²) in [5.41, 5.74) is 3.50. The zero-order valence-electron chi connectivity index (χ0n) is 15.5. The van der Waals surface area contributed by atoms with E-state index in [1.54, 1.807) is 18.5 Å². The molecule has 4 aromatic rings. The third kappa shape index (κ3) is 4.29. The summed E-state index contributed by atoms with van der Waals surface area (Å²) in [5.74, 6) is 0.949. The smallest absolute Gasteiger partial charge is 0.255 e. The van der Waals surface area contributed by atoms with Crippen LogP contribution in [0, 0.1) is 11.3 Å². The minimum absolute atomic E-state index is 0.124. The second kappa shape index (κ2) is 8.17. The van der Waals surface area contributed by atoms with Crippen molar-refractivity contribution < 1.29 is 0 Å². The summed E-state index contributed by atoms with van der Waals surface area (Å²) in [4.78, 5) is 16.5. The highest BCUT2D eigenvalue weighted by molar-refractivity contribution is 6.30. The minimum atomic E-state index is -0.124. The Morgan fingerprint density at radius 3 is 2.41 bits per heavy atom. The Labute approximate surface area is 173 Å². The number of pyridine rings is 1. The van der Waals surface area contributed by atoms with Crippen molar-refractivity contribution in [2.75, 3.05) is 0 Å². The van der Waals surface area contributed by atoms with E-state index < -0.39 is 0 Å². The summed E-state index contributed by atoms with van der Waals surface area (Å²) in [6.07, 6.45) is 6.05. The van der Waals surface area contributed by atoms with Crippen molar-refractivity contribution in [2.24, 2.45) is 0 Å². The maximum atomic E-state index is 12.0. The molecule has 0 aliphatic heterocycles. The lowest BCUT2D eigenvalue weighted by Crippen LogP contribution is -2.16. The first-order chi connectivity index (χ1) is 14.1. The highest BCUT2D eigenvalue weighted by Crippen LogP contribution is 2.14. The number of benzene rings is 2. The van der Waals surface area contributed by atoms with Crippen LogP contribution in [0.1, 0.15) is 22.5 Å². The van der Waals surface area contributed by atoms with Gasteiger partial charge in [-0.2, -0.15) is 5.26 Å². The fourth-order valence-electron chi connectivity index (χ4n) is 3.15. The first-order valence-electron chi connectivity index (χ1n) is 9.09. The number of halogens is 1. The monoisotopic (exact) mass is 400 g/mol. The number of hydrogen-bond acceptors (Lipinski definition) is 3. The lowest BCUT2D eigenvalue weighted by molar-refractivity contribution is 0.740. The van der Waals surface area contributed by atoms with Crippen LogP contribution in [0.2, 0.25) is 5.02 Å². The van der Waals surface area contributed by atoms with Crippen LogP contribution in [0.5, 0.6) is 0 Å². The standard InChI is InChI=1S/C23H17ClN4O/c24-20-7-10-23(29)28(16-20)21-8-5-19(6-9-21)15-27-12-11-26-22(27)13-17-1-3-18(14-25)4-2-17/h1-12,16H,13,15H2. The Hall–Kier alpha value is -3.62. The molecule has 0 spiro atoms. The maximum Gasteiger partial charge on any atom is 0.255 e. The van der Waals surface area contributed by atoms with Crippen LogP contribution >= 0.6 is 11.6 Å². The van der Waals surface area contributed by atoms with Crippen LogP contribution in [0.15, 0.2) is 84.0 Å². The predicted octanol–water partition coefficient (Wildman–Crippen LogP) is 4.20. The lowest BCUT2D eigenvalue weighted by atomic mass is 10.1. The van der Waals surface area contributed by atoms with E-state index in [4.69, 9.17) is 16.9 Å². The molecule has 5 nitrogen and oxygen atoms in total. The summed E-state index contributed by atoms with van der Waals surface area (Å²) in [5, 5.41) is 9.44. The highest BCUT2D eigenvalue weighted by Gasteiger charge is 2.06. The van der Waals surface area contributed by atoms with Crippen molar-refractivity contribution in [2.45, 2.75) is 13.0 Å². The van der Waals surface area contributed by atoms with Gasteiger partial charge in [0.05, 0.1) is 16.7 Å². The fraction of sp³-hybridized carbons (Fsp3) is 0.0870. The van der Waals surface area contributed by atoms with Crippen molar-refractivity contribution in [1.29, 1.82) is 5.26 Å². The van der Waals surface area contributed by atoms with Gasteiger partial charge in [-0.1, -0.05) is 35.9 Å². The predicted molar refractivity (Wildman–Crippen MR) is 112 cm³/mol. The molecule has 0 N–H and O–H groups in total. The Balaban J connectivity index is 1.51. The first-order valence-corrected chi connectivity index (χ1v) is 9.47. The van der Waals surface area contributed by atoms with Crippen molar-refractivity contribution in [3.05, 3.63) is 117 Å². The molecule has 0 saturated heterocycles. The zero-order valence-corrected chi connectivity index (χ0v) is 16.3. The van der Waals surface area contributed by atoms with Crippen LogP contribution in [0.4, 0.5) is 0 Å². The zero-order chi connectivity index (χ0) is 20.2. The van der Waals surface area contributed by atoms with Crippen LogP contribution < -0.4 is 5.56 Å². The molecule has 0 atom stereocenters. The van der Waals surface area contributed by atoms with E-state index in [0.717, 1.165) is 22.6 Å². The summed E-state index contributed by atoms with van der Waals surface area (Å²) in [6, 6.07) is 20.5. The quantitative estimate of drug-likeness (QED) is 0.504. The molecule has 0 amide bonds. The third-order valence-electron chi connectivity index (χ3n) is 4.69. The van der Waals surface area contributed by atoms with Gasteiger partial charge in [0, 0.05) is 43.3 Å². The maximum absolute atomic E-state index is 12.0. The first kappa shape index (κ1) is 18.7. The molecule has 2 aromatic carbocycles. The molecule has 142 valence electrons. The molecule has 6 heteroatoms. The van der Waals surface area contributed by atoms with E-state index in [1.165, 1.54) is 10.6 Å². The molecule has 0 saturated carbocycles. The number of rotatable bonds is 5. The van der Waals surface area contributed by atoms with Gasteiger partial charge in [-0.3, -0.25) is 9.36 Å². The van der Waals surface area contributed by atoms with Gasteiger partial charge in [-0.15, -0.1) is 0 Å². The Morgan fingerprint density at radius 1 is 0.966 bits per heavy atom. The van der Waals surface area contributed by atoms with Gasteiger partial charge >= 0.3 is 0 Å². The Kier molecular flexibility index (Phi) is 5.28. The second-order valence-corrected chi connectivity index (χ2v) is 7.12. The molecule has 0 fully saturated rings. The lowest BCUT2D eigenvalue weighted by Gasteiger charge is -2.10. The number of nitriles is 1. The summed E-state index contributed by atoms with van der Waals surface area (Å²) < 4.78 is 3.62. The van der Waals surface area contributed by atoms with Gasteiger partial charge in [0.15, 0.2) is 0 Å². The number of hydrogen-bond donors (Lipinski definition) is 0. The van der Waals surface area contributed by atoms with Gasteiger partial charge in [-0.25, -0.2) is 4.98 Å². The largest absolute Gasteiger partial charge is 0.330 e. The topological polar surface area (TPSA) is 63.6 Å². The number of aromatic nitrogens is 3. The molecule has 0 aliphatic carbocycles. The summed E-state index contributed by atoms with van der Waals surface area (Å²) in [7, 11) is 0. The number of imidazole rings is 1. The average molecular weight is 401 g/mol. The van der Waals surface area contributed by atoms with Crippen LogP contribution in [-0.4, -0.2) is 14.1 Å². The average Bonchev–Trinajstić information content (AvgIpc) is 3.17. The van der Waals surface area contributed by atoms with Crippen molar-refractivity contribution in [3.8, 4) is 11.8 Å². The van der Waals surface area contributed by atoms with Crippen molar-refractivity contribution >= 4 is 11.6 Å². The molecule has 0 unspecified atom stereocenters. The van der Waals surface area contributed by atoms with E-state index in [-0.39, 0.29) is 5.56 Å². The van der Waals surface area contributed by atoms with Crippen LogP contribution in [0.3, 0.4) is 0 Å². The number of nitrogens with zero attached hydrogens (tertiary/aromatic N) is 4. The minimum Gasteiger partial charge on any atom is -0.330 e. The normalized spacial score (nSPS) is 10.6. The molecule has 2 aromatic heterocycles. The molecule has 29 heavy (non-hydrogen) atoms. The molecule has 0 bridgehead atoms. The van der Waals surface area contributed by atoms with Crippen LogP contribution in [0.25, 0.3) is 5.69 Å². The highest BCUT2D eigenvalue weighted by atomic mass is 35.5. The van der Waals surface area contributed by atoms with Crippen molar-refractivity contribution in [3.63, 3.8) is 0 Å². The van der Waals surface area contributed by atoms with Gasteiger partial charge in [-0.05, 0) is 41.5 Å². The Morgan fingerprint density at radius 2 is 1.69 bits per heavy atom. The van der Waals surface area contributed by atoms with Gasteiger partial charge in [0.1, 0.15) is 5.82 Å². The molecule has 0 aliphatic rings. The molecule has 0 radical (unpaired) electrons. The molecule has 2 heterocycles. The van der Waals surface area contributed by atoms with Gasteiger partial charge < -0.3 is 4.57 Å². The van der Waals surface area contributed by atoms with Crippen molar-refractivity contribution in [1.82, 2.24) is 14.1 Å². The van der Waals surface area contributed by atoms with Gasteiger partial charge in [0.2, 0.25) is 0 Å². The van der Waals surface area contributed by atoms with Crippen LogP contribution in [-0.2, 0) is 13.0 Å². The van der Waals surface area contributed by atoms with E-state index in [1.807, 2.05) is 54.7 Å². The summed E-state index contributed by atoms with van der Waals surface area (Å²) >= 11 is 6.01. The molecule has 4 rings (SSSR count). The molecular weight excluding hydrogens is 384 g/mol. The van der Waals surface area contributed by atoms with Gasteiger partial charge in [0.25, 0.3) is 5.56 Å². The second-order valence-electron chi connectivity index (χ2n) is 6.68. The Bertz CT molecular complexity index is 1230. The van der Waals surface area contributed by atoms with E-state index in [9.17, 15) is 4.79 Å². The molecular formula is C23H17ClN4O. The third-order valence-corrected chi connectivity index (χ3v) is 4.91. The van der Waals surface area contributed by atoms with E-state index >= 15 is 0 Å². The summed E-state index contributed by atoms with van der Waals surface area (Å²) in [6.45, 7) is 0.677.